The maximum absolute atomic E-state index is 11.0. The number of nitro groups is 1. The minimum absolute atomic E-state index is 0.0733. The highest BCUT2D eigenvalue weighted by molar-refractivity contribution is 6.29. The fourth-order valence-corrected chi connectivity index (χ4v) is 1.89. The average molecular weight is 282 g/mol. The van der Waals surface area contributed by atoms with Gasteiger partial charge in [0.25, 0.3) is 0 Å². The average Bonchev–Trinajstić information content (AvgIpc) is 2.74. The molecule has 0 spiro atoms. The summed E-state index contributed by atoms with van der Waals surface area (Å²) < 4.78 is 1.67. The molecule has 0 fully saturated rings. The van der Waals surface area contributed by atoms with E-state index in [0.717, 1.165) is 5.56 Å². The van der Waals surface area contributed by atoms with Gasteiger partial charge in [-0.15, -0.1) is 0 Å². The molecule has 8 heteroatoms. The lowest BCUT2D eigenvalue weighted by Crippen LogP contribution is -2.18. The molecule has 100 valence electrons. The highest BCUT2D eigenvalue weighted by Gasteiger charge is 2.19. The van der Waals surface area contributed by atoms with Gasteiger partial charge in [0.15, 0.2) is 0 Å². The van der Waals surface area contributed by atoms with E-state index in [1.807, 2.05) is 13.2 Å². The molecule has 0 radical (unpaired) electrons. The van der Waals surface area contributed by atoms with Crippen LogP contribution in [0.3, 0.4) is 0 Å². The first-order chi connectivity index (χ1) is 8.97. The Morgan fingerprint density at radius 2 is 2.26 bits per heavy atom. The van der Waals surface area contributed by atoms with E-state index in [-0.39, 0.29) is 16.7 Å². The first kappa shape index (κ1) is 13.3. The number of pyridine rings is 1. The Bertz CT molecular complexity index is 613. The van der Waals surface area contributed by atoms with Crippen molar-refractivity contribution in [2.24, 2.45) is 7.05 Å². The van der Waals surface area contributed by atoms with Gasteiger partial charge in [0.2, 0.25) is 5.82 Å². The zero-order valence-electron chi connectivity index (χ0n) is 10.4. The first-order valence-corrected chi connectivity index (χ1v) is 5.85. The van der Waals surface area contributed by atoms with Crippen LogP contribution in [0.5, 0.6) is 0 Å². The van der Waals surface area contributed by atoms with Crippen LogP contribution < -0.4 is 4.90 Å². The molecule has 0 bridgehead atoms. The third-order valence-corrected chi connectivity index (χ3v) is 2.77. The molecule has 0 atom stereocenters. The van der Waals surface area contributed by atoms with Crippen molar-refractivity contribution in [3.05, 3.63) is 45.4 Å². The van der Waals surface area contributed by atoms with Gasteiger partial charge >= 0.3 is 5.69 Å². The van der Waals surface area contributed by atoms with E-state index >= 15 is 0 Å². The van der Waals surface area contributed by atoms with E-state index < -0.39 is 4.92 Å². The van der Waals surface area contributed by atoms with E-state index in [1.54, 1.807) is 22.8 Å². The lowest BCUT2D eigenvalue weighted by atomic mass is 10.3. The summed E-state index contributed by atoms with van der Waals surface area (Å²) in [4.78, 5) is 16.2. The molecule has 2 aromatic heterocycles. The van der Waals surface area contributed by atoms with Gasteiger partial charge < -0.3 is 4.90 Å². The highest BCUT2D eigenvalue weighted by Crippen LogP contribution is 2.27. The van der Waals surface area contributed by atoms with Crippen LogP contribution in [0.1, 0.15) is 5.56 Å². The van der Waals surface area contributed by atoms with Gasteiger partial charge in [0.1, 0.15) is 5.15 Å². The van der Waals surface area contributed by atoms with E-state index in [4.69, 9.17) is 11.6 Å². The Balaban J connectivity index is 2.29. The number of hydrogen-bond donors (Lipinski definition) is 0. The monoisotopic (exact) mass is 281 g/mol. The Morgan fingerprint density at radius 1 is 1.53 bits per heavy atom. The Hall–Kier alpha value is -2.15. The molecule has 7 nitrogen and oxygen atoms in total. The van der Waals surface area contributed by atoms with E-state index in [2.05, 4.69) is 10.1 Å². The summed E-state index contributed by atoms with van der Waals surface area (Å²) in [5.41, 5.74) is 0.858. The van der Waals surface area contributed by atoms with E-state index in [1.165, 1.54) is 12.1 Å². The van der Waals surface area contributed by atoms with Crippen molar-refractivity contribution in [3.8, 4) is 0 Å². The van der Waals surface area contributed by atoms with Crippen LogP contribution in [-0.2, 0) is 13.6 Å². The third-order valence-electron chi connectivity index (χ3n) is 2.56. The van der Waals surface area contributed by atoms with Crippen molar-refractivity contribution in [1.29, 1.82) is 0 Å². The van der Waals surface area contributed by atoms with Crippen molar-refractivity contribution in [2.75, 3.05) is 11.9 Å². The summed E-state index contributed by atoms with van der Waals surface area (Å²) in [6.07, 6.45) is 3.54. The maximum atomic E-state index is 11.0. The second-order valence-corrected chi connectivity index (χ2v) is 4.50. The first-order valence-electron chi connectivity index (χ1n) is 5.47. The van der Waals surface area contributed by atoms with Crippen LogP contribution >= 0.6 is 11.6 Å². The number of aromatic nitrogens is 3. The molecule has 2 heterocycles. The predicted molar refractivity (Wildman–Crippen MR) is 71.2 cm³/mol. The lowest BCUT2D eigenvalue weighted by Gasteiger charge is -2.17. The highest BCUT2D eigenvalue weighted by atomic mass is 35.5. The number of rotatable bonds is 4. The summed E-state index contributed by atoms with van der Waals surface area (Å²) in [5, 5.41) is 15.2. The smallest absolute Gasteiger partial charge is 0.311 e. The van der Waals surface area contributed by atoms with Crippen molar-refractivity contribution in [2.45, 2.75) is 6.54 Å². The largest absolute Gasteiger partial charge is 0.349 e. The molecule has 0 aromatic carbocycles. The summed E-state index contributed by atoms with van der Waals surface area (Å²) in [6, 6.07) is 2.76. The number of nitrogens with zero attached hydrogens (tertiary/aromatic N) is 5. The fourth-order valence-electron chi connectivity index (χ4n) is 1.74. The molecule has 0 saturated heterocycles. The predicted octanol–water partition coefficient (Wildman–Crippen LogP) is 2.01. The molecule has 0 aliphatic carbocycles. The Labute approximate surface area is 114 Å². The normalized spacial score (nSPS) is 10.5. The van der Waals surface area contributed by atoms with Crippen molar-refractivity contribution >= 4 is 23.1 Å². The zero-order chi connectivity index (χ0) is 14.0. The van der Waals surface area contributed by atoms with Gasteiger partial charge in [-0.1, -0.05) is 11.6 Å². The summed E-state index contributed by atoms with van der Waals surface area (Å²) >= 11 is 5.80. The fraction of sp³-hybridized carbons (Fsp3) is 0.273. The summed E-state index contributed by atoms with van der Waals surface area (Å²) in [7, 11) is 3.53. The minimum Gasteiger partial charge on any atom is -0.349 e. The molecule has 19 heavy (non-hydrogen) atoms. The summed E-state index contributed by atoms with van der Waals surface area (Å²) in [5.74, 6) is 0.237. The number of anilines is 1. The van der Waals surface area contributed by atoms with Crippen molar-refractivity contribution < 1.29 is 4.92 Å². The molecule has 0 aliphatic heterocycles. The molecule has 2 aromatic rings. The molecule has 0 aliphatic rings. The molecular weight excluding hydrogens is 270 g/mol. The van der Waals surface area contributed by atoms with Crippen LogP contribution in [0.2, 0.25) is 5.15 Å². The van der Waals surface area contributed by atoms with Gasteiger partial charge in [-0.2, -0.15) is 5.10 Å². The Kier molecular flexibility index (Phi) is 3.66. The number of aryl methyl sites for hydroxylation is 1. The van der Waals surface area contributed by atoms with Gasteiger partial charge in [0, 0.05) is 38.5 Å². The van der Waals surface area contributed by atoms with Gasteiger partial charge in [-0.25, -0.2) is 4.98 Å². The van der Waals surface area contributed by atoms with E-state index in [9.17, 15) is 10.1 Å². The number of hydrogen-bond acceptors (Lipinski definition) is 5. The third kappa shape index (κ3) is 3.00. The summed E-state index contributed by atoms with van der Waals surface area (Å²) in [6.45, 7) is 0.460. The van der Waals surface area contributed by atoms with Crippen LogP contribution in [0.25, 0.3) is 0 Å². The van der Waals surface area contributed by atoms with Gasteiger partial charge in [-0.3, -0.25) is 14.8 Å². The second kappa shape index (κ2) is 5.23. The minimum atomic E-state index is -0.474. The van der Waals surface area contributed by atoms with Crippen LogP contribution in [0.15, 0.2) is 24.5 Å². The maximum Gasteiger partial charge on any atom is 0.311 e. The van der Waals surface area contributed by atoms with Crippen molar-refractivity contribution in [3.63, 3.8) is 0 Å². The zero-order valence-corrected chi connectivity index (χ0v) is 11.2. The molecular formula is C11H12ClN5O2. The quantitative estimate of drug-likeness (QED) is 0.487. The lowest BCUT2D eigenvalue weighted by molar-refractivity contribution is -0.384. The molecule has 2 rings (SSSR count). The Morgan fingerprint density at radius 3 is 2.84 bits per heavy atom. The van der Waals surface area contributed by atoms with Crippen LogP contribution in [0, 0.1) is 10.1 Å². The second-order valence-electron chi connectivity index (χ2n) is 4.11. The standard InChI is InChI=1S/C11H12ClN5O2/c1-15(6-8-5-13-16(2)7-8)11-9(17(18)19)3-4-10(12)14-11/h3-5,7H,6H2,1-2H3. The SMILES string of the molecule is CN(Cc1cnn(C)c1)c1nc(Cl)ccc1[N+](=O)[O-]. The molecule has 0 saturated carbocycles. The van der Waals surface area contributed by atoms with Gasteiger partial charge in [-0.05, 0) is 6.07 Å². The van der Waals surface area contributed by atoms with Crippen LogP contribution in [0.4, 0.5) is 11.5 Å². The molecule has 0 N–H and O–H groups in total. The van der Waals surface area contributed by atoms with E-state index in [0.29, 0.717) is 6.54 Å². The van der Waals surface area contributed by atoms with Gasteiger partial charge in [0.05, 0.1) is 11.1 Å². The van der Waals surface area contributed by atoms with Crippen molar-refractivity contribution in [1.82, 2.24) is 14.8 Å². The number of halogens is 1. The molecule has 0 unspecified atom stereocenters. The molecule has 0 amide bonds. The topological polar surface area (TPSA) is 77.1 Å². The van der Waals surface area contributed by atoms with Crippen LogP contribution in [-0.4, -0.2) is 26.7 Å².